The zero-order valence-corrected chi connectivity index (χ0v) is 15.1. The molecule has 0 aromatic heterocycles. The monoisotopic (exact) mass is 351 g/mol. The van der Waals surface area contributed by atoms with E-state index in [9.17, 15) is 9.59 Å². The van der Waals surface area contributed by atoms with Gasteiger partial charge in [-0.2, -0.15) is 0 Å². The number of anilines is 2. The van der Waals surface area contributed by atoms with Gasteiger partial charge in [-0.25, -0.2) is 4.79 Å². The lowest BCUT2D eigenvalue weighted by molar-refractivity contribution is -0.117. The molecule has 1 aliphatic heterocycles. The van der Waals surface area contributed by atoms with Crippen LogP contribution in [0.5, 0.6) is 0 Å². The van der Waals surface area contributed by atoms with Gasteiger partial charge in [0.1, 0.15) is 0 Å². The summed E-state index contributed by atoms with van der Waals surface area (Å²) >= 11 is 0. The van der Waals surface area contributed by atoms with E-state index in [1.54, 1.807) is 16.8 Å². The summed E-state index contributed by atoms with van der Waals surface area (Å²) in [6.45, 7) is 1.38. The molecule has 0 spiro atoms. The van der Waals surface area contributed by atoms with Gasteiger partial charge < -0.3 is 15.1 Å². The van der Waals surface area contributed by atoms with Crippen LogP contribution < -0.4 is 10.2 Å². The topological polar surface area (TPSA) is 52.7 Å². The second-order valence-corrected chi connectivity index (χ2v) is 6.61. The molecular formula is C21H25N3O2. The van der Waals surface area contributed by atoms with Crippen molar-refractivity contribution in [1.29, 1.82) is 0 Å². The Bertz CT molecular complexity index is 761. The van der Waals surface area contributed by atoms with Gasteiger partial charge in [0.05, 0.1) is 11.4 Å². The number of benzene rings is 2. The molecule has 5 nitrogen and oxygen atoms in total. The van der Waals surface area contributed by atoms with Crippen LogP contribution in [-0.4, -0.2) is 37.0 Å². The van der Waals surface area contributed by atoms with Gasteiger partial charge in [-0.1, -0.05) is 42.5 Å². The van der Waals surface area contributed by atoms with Crippen molar-refractivity contribution in [3.63, 3.8) is 0 Å². The van der Waals surface area contributed by atoms with Gasteiger partial charge in [0.2, 0.25) is 5.91 Å². The largest absolute Gasteiger partial charge is 0.328 e. The van der Waals surface area contributed by atoms with Crippen LogP contribution in [0.1, 0.15) is 24.8 Å². The Kier molecular flexibility index (Phi) is 5.89. The first-order valence-electron chi connectivity index (χ1n) is 9.10. The second kappa shape index (κ2) is 8.52. The van der Waals surface area contributed by atoms with Crippen LogP contribution >= 0.6 is 0 Å². The Hall–Kier alpha value is -2.82. The number of nitrogens with one attached hydrogen (secondary N) is 1. The zero-order chi connectivity index (χ0) is 18.4. The van der Waals surface area contributed by atoms with Gasteiger partial charge in [0.25, 0.3) is 0 Å². The Labute approximate surface area is 154 Å². The normalized spacial score (nSPS) is 13.7. The maximum absolute atomic E-state index is 12.5. The van der Waals surface area contributed by atoms with E-state index in [0.29, 0.717) is 25.2 Å². The van der Waals surface area contributed by atoms with Crippen molar-refractivity contribution < 1.29 is 9.59 Å². The molecule has 26 heavy (non-hydrogen) atoms. The van der Waals surface area contributed by atoms with E-state index >= 15 is 0 Å². The summed E-state index contributed by atoms with van der Waals surface area (Å²) in [5.41, 5.74) is 2.74. The van der Waals surface area contributed by atoms with Crippen molar-refractivity contribution in [2.24, 2.45) is 0 Å². The number of urea groups is 1. The Morgan fingerprint density at radius 2 is 1.85 bits per heavy atom. The van der Waals surface area contributed by atoms with Crippen molar-refractivity contribution in [3.05, 3.63) is 60.2 Å². The van der Waals surface area contributed by atoms with E-state index in [4.69, 9.17) is 0 Å². The molecule has 0 aliphatic carbocycles. The standard InChI is InChI=1S/C21H25N3O2/c1-23(15-7-11-17-9-3-2-4-10-17)21(26)22-18-12-5-6-13-19(18)24-16-8-14-20(24)25/h2-6,9-10,12-13H,7-8,11,14-16H2,1H3,(H,22,26). The molecule has 0 radical (unpaired) electrons. The highest BCUT2D eigenvalue weighted by atomic mass is 16.2. The molecule has 136 valence electrons. The Morgan fingerprint density at radius 3 is 2.58 bits per heavy atom. The maximum Gasteiger partial charge on any atom is 0.321 e. The first-order valence-corrected chi connectivity index (χ1v) is 9.10. The van der Waals surface area contributed by atoms with E-state index in [2.05, 4.69) is 17.4 Å². The molecule has 1 N–H and O–H groups in total. The summed E-state index contributed by atoms with van der Waals surface area (Å²) in [5, 5.41) is 2.95. The van der Waals surface area contributed by atoms with Gasteiger partial charge >= 0.3 is 6.03 Å². The highest BCUT2D eigenvalue weighted by Gasteiger charge is 2.24. The fourth-order valence-electron chi connectivity index (χ4n) is 3.19. The third kappa shape index (κ3) is 4.42. The first-order chi connectivity index (χ1) is 12.6. The number of hydrogen-bond donors (Lipinski definition) is 1. The molecule has 3 rings (SSSR count). The first kappa shape index (κ1) is 18.0. The smallest absolute Gasteiger partial charge is 0.321 e. The molecule has 1 saturated heterocycles. The molecule has 0 atom stereocenters. The quantitative estimate of drug-likeness (QED) is 0.858. The van der Waals surface area contributed by atoms with Crippen LogP contribution in [0.2, 0.25) is 0 Å². The lowest BCUT2D eigenvalue weighted by Gasteiger charge is -2.22. The number of rotatable bonds is 6. The van der Waals surface area contributed by atoms with Crippen molar-refractivity contribution in [2.75, 3.05) is 30.4 Å². The summed E-state index contributed by atoms with van der Waals surface area (Å²) in [5.74, 6) is 0.114. The van der Waals surface area contributed by atoms with E-state index < -0.39 is 0 Å². The third-order valence-corrected chi connectivity index (χ3v) is 4.66. The molecular weight excluding hydrogens is 326 g/mol. The molecule has 2 aromatic rings. The van der Waals surface area contributed by atoms with Crippen LogP contribution in [0.4, 0.5) is 16.2 Å². The Balaban J connectivity index is 1.56. The van der Waals surface area contributed by atoms with Gasteiger partial charge in [-0.3, -0.25) is 4.79 Å². The fourth-order valence-corrected chi connectivity index (χ4v) is 3.19. The van der Waals surface area contributed by atoms with Gasteiger partial charge in [0.15, 0.2) is 0 Å². The minimum absolute atomic E-state index is 0.114. The van der Waals surface area contributed by atoms with Crippen molar-refractivity contribution in [1.82, 2.24) is 4.90 Å². The predicted octanol–water partition coefficient (Wildman–Crippen LogP) is 3.91. The van der Waals surface area contributed by atoms with Crippen LogP contribution in [0, 0.1) is 0 Å². The van der Waals surface area contributed by atoms with E-state index in [-0.39, 0.29) is 11.9 Å². The summed E-state index contributed by atoms with van der Waals surface area (Å²) in [4.78, 5) is 28.0. The Morgan fingerprint density at radius 1 is 1.12 bits per heavy atom. The van der Waals surface area contributed by atoms with E-state index in [0.717, 1.165) is 24.9 Å². The van der Waals surface area contributed by atoms with Crippen molar-refractivity contribution in [3.8, 4) is 0 Å². The number of aryl methyl sites for hydroxylation is 1. The maximum atomic E-state index is 12.5. The van der Waals surface area contributed by atoms with Crippen molar-refractivity contribution in [2.45, 2.75) is 25.7 Å². The number of hydrogen-bond acceptors (Lipinski definition) is 2. The molecule has 5 heteroatoms. The van der Waals surface area contributed by atoms with Crippen LogP contribution in [0.15, 0.2) is 54.6 Å². The fraction of sp³-hybridized carbons (Fsp3) is 0.333. The van der Waals surface area contributed by atoms with E-state index in [1.807, 2.05) is 42.5 Å². The number of carbonyl (C=O) groups excluding carboxylic acids is 2. The number of carbonyl (C=O) groups is 2. The molecule has 1 heterocycles. The molecule has 3 amide bonds. The summed E-state index contributed by atoms with van der Waals surface area (Å²) in [7, 11) is 1.80. The third-order valence-electron chi connectivity index (χ3n) is 4.66. The van der Waals surface area contributed by atoms with E-state index in [1.165, 1.54) is 5.56 Å². The molecule has 1 fully saturated rings. The molecule has 0 bridgehead atoms. The molecule has 1 aliphatic rings. The second-order valence-electron chi connectivity index (χ2n) is 6.61. The summed E-state index contributed by atoms with van der Waals surface area (Å²) in [6.07, 6.45) is 3.28. The predicted molar refractivity (Wildman–Crippen MR) is 104 cm³/mol. The minimum atomic E-state index is -0.155. The van der Waals surface area contributed by atoms with Gasteiger partial charge in [-0.15, -0.1) is 0 Å². The summed E-state index contributed by atoms with van der Waals surface area (Å²) in [6, 6.07) is 17.6. The number of para-hydroxylation sites is 2. The lowest BCUT2D eigenvalue weighted by atomic mass is 10.1. The zero-order valence-electron chi connectivity index (χ0n) is 15.1. The lowest BCUT2D eigenvalue weighted by Crippen LogP contribution is -2.33. The highest BCUT2D eigenvalue weighted by Crippen LogP contribution is 2.29. The SMILES string of the molecule is CN(CCCc1ccccc1)C(=O)Nc1ccccc1N1CCCC1=O. The van der Waals surface area contributed by atoms with Gasteiger partial charge in [0, 0.05) is 26.6 Å². The summed E-state index contributed by atoms with van der Waals surface area (Å²) < 4.78 is 0. The van der Waals surface area contributed by atoms with Crippen LogP contribution in [-0.2, 0) is 11.2 Å². The van der Waals surface area contributed by atoms with Crippen molar-refractivity contribution >= 4 is 23.3 Å². The van der Waals surface area contributed by atoms with Gasteiger partial charge in [-0.05, 0) is 37.0 Å². The average molecular weight is 351 g/mol. The number of nitrogens with zero attached hydrogens (tertiary/aromatic N) is 2. The molecule has 0 saturated carbocycles. The molecule has 0 unspecified atom stereocenters. The van der Waals surface area contributed by atoms with Crippen LogP contribution in [0.3, 0.4) is 0 Å². The van der Waals surface area contributed by atoms with Crippen LogP contribution in [0.25, 0.3) is 0 Å². The number of amides is 3. The molecule has 2 aromatic carbocycles. The minimum Gasteiger partial charge on any atom is -0.328 e. The average Bonchev–Trinajstić information content (AvgIpc) is 3.08. The highest BCUT2D eigenvalue weighted by molar-refractivity contribution is 6.01.